The summed E-state index contributed by atoms with van der Waals surface area (Å²) in [4.78, 5) is 12.7. The van der Waals surface area contributed by atoms with E-state index in [1.165, 1.54) is 11.3 Å². The van der Waals surface area contributed by atoms with Crippen molar-refractivity contribution in [3.05, 3.63) is 52.7 Å². The van der Waals surface area contributed by atoms with Crippen molar-refractivity contribution in [2.24, 2.45) is 7.05 Å². The number of benzene rings is 2. The molecule has 0 radical (unpaired) electrons. The lowest BCUT2D eigenvalue weighted by atomic mass is 10.1. The van der Waals surface area contributed by atoms with Gasteiger partial charge in [0.25, 0.3) is 5.91 Å². The molecule has 0 aliphatic rings. The Morgan fingerprint density at radius 3 is 2.21 bits per heavy atom. The number of carbonyl (C=O) groups is 1. The molecule has 0 aliphatic carbocycles. The van der Waals surface area contributed by atoms with Crippen LogP contribution in [0.4, 0.5) is 0 Å². The lowest BCUT2D eigenvalue weighted by Crippen LogP contribution is -2.22. The predicted octanol–water partition coefficient (Wildman–Crippen LogP) is 3.75. The van der Waals surface area contributed by atoms with E-state index < -0.39 is 0 Å². The van der Waals surface area contributed by atoms with Gasteiger partial charge in [0.2, 0.25) is 5.75 Å². The Morgan fingerprint density at radius 2 is 1.64 bits per heavy atom. The van der Waals surface area contributed by atoms with Gasteiger partial charge in [-0.3, -0.25) is 4.79 Å². The van der Waals surface area contributed by atoms with E-state index in [4.69, 9.17) is 14.2 Å². The molecule has 0 spiro atoms. The van der Waals surface area contributed by atoms with Crippen molar-refractivity contribution in [1.29, 1.82) is 0 Å². The van der Waals surface area contributed by atoms with Crippen molar-refractivity contribution in [2.75, 3.05) is 21.3 Å². The second-order valence-electron chi connectivity index (χ2n) is 6.72. The quantitative estimate of drug-likeness (QED) is 0.705. The van der Waals surface area contributed by atoms with E-state index in [0.29, 0.717) is 29.4 Å². The van der Waals surface area contributed by atoms with Crippen LogP contribution < -0.4 is 19.5 Å². The molecule has 0 saturated carbocycles. The van der Waals surface area contributed by atoms with Crippen LogP contribution in [0.15, 0.2) is 30.3 Å². The summed E-state index contributed by atoms with van der Waals surface area (Å²) in [5.41, 5.74) is 5.00. The highest BCUT2D eigenvalue weighted by Gasteiger charge is 2.15. The zero-order valence-electron chi connectivity index (χ0n) is 17.2. The third kappa shape index (κ3) is 3.38. The zero-order valence-corrected chi connectivity index (χ0v) is 17.2. The molecule has 0 fully saturated rings. The van der Waals surface area contributed by atoms with Crippen LogP contribution in [-0.4, -0.2) is 31.8 Å². The van der Waals surface area contributed by atoms with Crippen LogP contribution in [-0.2, 0) is 13.6 Å². The summed E-state index contributed by atoms with van der Waals surface area (Å²) in [5, 5.41) is 4.06. The molecule has 1 amide bonds. The SMILES string of the molecule is COc1cc(CNC(=O)c2ccc3c(c2)c(C)c(C)n3C)cc(OC)c1OC. The minimum Gasteiger partial charge on any atom is -0.493 e. The van der Waals surface area contributed by atoms with E-state index in [-0.39, 0.29) is 5.91 Å². The Hall–Kier alpha value is -3.15. The van der Waals surface area contributed by atoms with E-state index in [0.717, 1.165) is 16.5 Å². The maximum atomic E-state index is 12.7. The number of rotatable bonds is 6. The monoisotopic (exact) mass is 382 g/mol. The van der Waals surface area contributed by atoms with Gasteiger partial charge in [-0.2, -0.15) is 0 Å². The van der Waals surface area contributed by atoms with Crippen LogP contribution >= 0.6 is 0 Å². The number of amides is 1. The number of hydrogen-bond acceptors (Lipinski definition) is 4. The first-order chi connectivity index (χ1) is 13.4. The smallest absolute Gasteiger partial charge is 0.251 e. The van der Waals surface area contributed by atoms with Crippen molar-refractivity contribution in [3.63, 3.8) is 0 Å². The van der Waals surface area contributed by atoms with Gasteiger partial charge in [-0.05, 0) is 55.3 Å². The minimum atomic E-state index is -0.128. The Labute approximate surface area is 165 Å². The first kappa shape index (κ1) is 19.6. The van der Waals surface area contributed by atoms with Crippen LogP contribution in [0.1, 0.15) is 27.2 Å². The molecule has 1 N–H and O–H groups in total. The molecular formula is C22H26N2O4. The van der Waals surface area contributed by atoms with Crippen molar-refractivity contribution in [1.82, 2.24) is 9.88 Å². The molecule has 28 heavy (non-hydrogen) atoms. The summed E-state index contributed by atoms with van der Waals surface area (Å²) in [6, 6.07) is 9.45. The molecular weight excluding hydrogens is 356 g/mol. The van der Waals surface area contributed by atoms with E-state index in [1.807, 2.05) is 37.4 Å². The molecule has 1 aromatic heterocycles. The highest BCUT2D eigenvalue weighted by molar-refractivity contribution is 5.99. The van der Waals surface area contributed by atoms with E-state index in [9.17, 15) is 4.79 Å². The molecule has 0 atom stereocenters. The molecule has 0 aliphatic heterocycles. The van der Waals surface area contributed by atoms with Crippen molar-refractivity contribution >= 4 is 16.8 Å². The summed E-state index contributed by atoms with van der Waals surface area (Å²) in [5.74, 6) is 1.52. The van der Waals surface area contributed by atoms with Gasteiger partial charge in [0.15, 0.2) is 11.5 Å². The van der Waals surface area contributed by atoms with Gasteiger partial charge in [0.1, 0.15) is 0 Å². The maximum Gasteiger partial charge on any atom is 0.251 e. The van der Waals surface area contributed by atoms with Gasteiger partial charge < -0.3 is 24.1 Å². The topological polar surface area (TPSA) is 61.7 Å². The number of hydrogen-bond donors (Lipinski definition) is 1. The van der Waals surface area contributed by atoms with Crippen molar-refractivity contribution in [2.45, 2.75) is 20.4 Å². The van der Waals surface area contributed by atoms with Crippen LogP contribution in [0.5, 0.6) is 17.2 Å². The highest BCUT2D eigenvalue weighted by Crippen LogP contribution is 2.38. The van der Waals surface area contributed by atoms with E-state index in [2.05, 4.69) is 23.7 Å². The third-order valence-corrected chi connectivity index (χ3v) is 5.25. The molecule has 0 unspecified atom stereocenters. The molecule has 148 valence electrons. The first-order valence-electron chi connectivity index (χ1n) is 9.04. The van der Waals surface area contributed by atoms with Crippen molar-refractivity contribution in [3.8, 4) is 17.2 Å². The van der Waals surface area contributed by atoms with E-state index >= 15 is 0 Å². The zero-order chi connectivity index (χ0) is 20.4. The van der Waals surface area contributed by atoms with Crippen LogP contribution in [0, 0.1) is 13.8 Å². The van der Waals surface area contributed by atoms with Crippen LogP contribution in [0.2, 0.25) is 0 Å². The number of ether oxygens (including phenoxy) is 3. The number of nitrogens with one attached hydrogen (secondary N) is 1. The number of methoxy groups -OCH3 is 3. The fourth-order valence-corrected chi connectivity index (χ4v) is 3.42. The molecule has 2 aromatic carbocycles. The van der Waals surface area contributed by atoms with Gasteiger partial charge in [0.05, 0.1) is 21.3 Å². The first-order valence-corrected chi connectivity index (χ1v) is 9.04. The second kappa shape index (κ2) is 7.84. The normalized spacial score (nSPS) is 10.8. The molecule has 6 nitrogen and oxygen atoms in total. The number of aromatic nitrogens is 1. The van der Waals surface area contributed by atoms with Crippen molar-refractivity contribution < 1.29 is 19.0 Å². The maximum absolute atomic E-state index is 12.7. The summed E-state index contributed by atoms with van der Waals surface area (Å²) < 4.78 is 18.2. The predicted molar refractivity (Wildman–Crippen MR) is 110 cm³/mol. The molecule has 6 heteroatoms. The van der Waals surface area contributed by atoms with Crippen LogP contribution in [0.3, 0.4) is 0 Å². The standard InChI is InChI=1S/C22H26N2O4/c1-13-14(2)24(3)18-8-7-16(11-17(13)18)22(25)23-12-15-9-19(26-4)21(28-6)20(10-15)27-5/h7-11H,12H2,1-6H3,(H,23,25). The Kier molecular flexibility index (Phi) is 5.49. The van der Waals surface area contributed by atoms with Gasteiger partial charge in [0, 0.05) is 35.8 Å². The molecule has 0 saturated heterocycles. The molecule has 3 aromatic rings. The lowest BCUT2D eigenvalue weighted by molar-refractivity contribution is 0.0951. The number of nitrogens with zero attached hydrogens (tertiary/aromatic N) is 1. The van der Waals surface area contributed by atoms with Gasteiger partial charge in [-0.15, -0.1) is 0 Å². The fourth-order valence-electron chi connectivity index (χ4n) is 3.42. The van der Waals surface area contributed by atoms with Gasteiger partial charge in [-0.1, -0.05) is 0 Å². The Balaban J connectivity index is 1.82. The van der Waals surface area contributed by atoms with Crippen LogP contribution in [0.25, 0.3) is 10.9 Å². The Morgan fingerprint density at radius 1 is 1.00 bits per heavy atom. The highest BCUT2D eigenvalue weighted by atomic mass is 16.5. The summed E-state index contributed by atoms with van der Waals surface area (Å²) >= 11 is 0. The molecule has 0 bridgehead atoms. The lowest BCUT2D eigenvalue weighted by Gasteiger charge is -2.14. The van der Waals surface area contributed by atoms with Gasteiger partial charge in [-0.25, -0.2) is 0 Å². The molecule has 1 heterocycles. The minimum absolute atomic E-state index is 0.128. The molecule has 3 rings (SSSR count). The number of carbonyl (C=O) groups excluding carboxylic acids is 1. The summed E-state index contributed by atoms with van der Waals surface area (Å²) in [7, 11) is 6.73. The number of fused-ring (bicyclic) bond motifs is 1. The van der Waals surface area contributed by atoms with E-state index in [1.54, 1.807) is 21.3 Å². The second-order valence-corrected chi connectivity index (χ2v) is 6.72. The summed E-state index contributed by atoms with van der Waals surface area (Å²) in [6.45, 7) is 4.51. The average Bonchev–Trinajstić information content (AvgIpc) is 2.94. The Bertz CT molecular complexity index is 1010. The summed E-state index contributed by atoms with van der Waals surface area (Å²) in [6.07, 6.45) is 0. The van der Waals surface area contributed by atoms with Gasteiger partial charge >= 0.3 is 0 Å². The fraction of sp³-hybridized carbons (Fsp3) is 0.318. The number of aryl methyl sites for hydroxylation is 2. The largest absolute Gasteiger partial charge is 0.493 e. The third-order valence-electron chi connectivity index (χ3n) is 5.25. The average molecular weight is 382 g/mol.